The molecular formula is C12H18N2O4S. The highest BCUT2D eigenvalue weighted by molar-refractivity contribution is 7.09. The average Bonchev–Trinajstić information content (AvgIpc) is 2.78. The highest BCUT2D eigenvalue weighted by Crippen LogP contribution is 2.19. The molecule has 7 heteroatoms. The van der Waals surface area contributed by atoms with E-state index in [9.17, 15) is 9.59 Å². The van der Waals surface area contributed by atoms with E-state index in [0.717, 1.165) is 5.01 Å². The molecule has 1 aromatic heterocycles. The van der Waals surface area contributed by atoms with Crippen LogP contribution in [0.5, 0.6) is 0 Å². The molecule has 106 valence electrons. The smallest absolute Gasteiger partial charge is 0.331 e. The minimum Gasteiger partial charge on any atom is -0.479 e. The Balaban J connectivity index is 2.85. The summed E-state index contributed by atoms with van der Waals surface area (Å²) >= 11 is 1.38. The third-order valence-corrected chi connectivity index (χ3v) is 3.69. The Bertz CT molecular complexity index is 472. The first-order valence-electron chi connectivity index (χ1n) is 5.80. The highest BCUT2D eigenvalue weighted by atomic mass is 32.1. The van der Waals surface area contributed by atoms with Gasteiger partial charge in [-0.05, 0) is 6.92 Å². The van der Waals surface area contributed by atoms with Crippen molar-refractivity contribution in [2.24, 2.45) is 0 Å². The third-order valence-electron chi connectivity index (χ3n) is 2.54. The van der Waals surface area contributed by atoms with Crippen molar-refractivity contribution in [2.75, 3.05) is 13.7 Å². The van der Waals surface area contributed by atoms with Gasteiger partial charge in [0.2, 0.25) is 0 Å². The molecule has 1 heterocycles. The summed E-state index contributed by atoms with van der Waals surface area (Å²) in [5.41, 5.74) is -1.23. The Hall–Kier alpha value is -1.47. The average molecular weight is 286 g/mol. The Morgan fingerprint density at radius 2 is 2.21 bits per heavy atom. The molecule has 0 bridgehead atoms. The molecule has 19 heavy (non-hydrogen) atoms. The van der Waals surface area contributed by atoms with Gasteiger partial charge in [0.15, 0.2) is 5.54 Å². The van der Waals surface area contributed by atoms with E-state index in [1.807, 2.05) is 13.8 Å². The van der Waals surface area contributed by atoms with E-state index in [2.05, 4.69) is 10.3 Å². The van der Waals surface area contributed by atoms with Crippen LogP contribution in [0.1, 0.15) is 42.2 Å². The minimum atomic E-state index is -1.46. The zero-order chi connectivity index (χ0) is 14.6. The first kappa shape index (κ1) is 15.6. The molecule has 0 aromatic carbocycles. The molecule has 0 aliphatic carbocycles. The second kappa shape index (κ2) is 6.12. The summed E-state index contributed by atoms with van der Waals surface area (Å²) in [4.78, 5) is 27.4. The van der Waals surface area contributed by atoms with E-state index >= 15 is 0 Å². The lowest BCUT2D eigenvalue weighted by Crippen LogP contribution is -2.55. The van der Waals surface area contributed by atoms with Gasteiger partial charge in [-0.1, -0.05) is 13.8 Å². The molecule has 2 N–H and O–H groups in total. The fourth-order valence-electron chi connectivity index (χ4n) is 1.41. The van der Waals surface area contributed by atoms with E-state index in [0.29, 0.717) is 0 Å². The van der Waals surface area contributed by atoms with Crippen molar-refractivity contribution in [3.63, 3.8) is 0 Å². The maximum atomic E-state index is 12.0. The summed E-state index contributed by atoms with van der Waals surface area (Å²) in [6.45, 7) is 5.24. The van der Waals surface area contributed by atoms with Gasteiger partial charge in [-0.2, -0.15) is 0 Å². The van der Waals surface area contributed by atoms with Crippen LogP contribution in [0, 0.1) is 0 Å². The van der Waals surface area contributed by atoms with Gasteiger partial charge in [-0.25, -0.2) is 9.78 Å². The SMILES string of the molecule is COCC(C)(NC(=O)c1csc(C(C)C)n1)C(=O)O. The molecule has 0 saturated heterocycles. The van der Waals surface area contributed by atoms with Crippen molar-refractivity contribution in [1.29, 1.82) is 0 Å². The molecule has 0 spiro atoms. The van der Waals surface area contributed by atoms with Crippen molar-refractivity contribution < 1.29 is 19.4 Å². The molecular weight excluding hydrogens is 268 g/mol. The molecule has 1 aromatic rings. The number of carbonyl (C=O) groups excluding carboxylic acids is 1. The van der Waals surface area contributed by atoms with Gasteiger partial charge in [-0.3, -0.25) is 4.79 Å². The largest absolute Gasteiger partial charge is 0.479 e. The van der Waals surface area contributed by atoms with Gasteiger partial charge in [0.25, 0.3) is 5.91 Å². The van der Waals surface area contributed by atoms with Gasteiger partial charge >= 0.3 is 5.97 Å². The van der Waals surface area contributed by atoms with Crippen LogP contribution in [0.2, 0.25) is 0 Å². The van der Waals surface area contributed by atoms with Crippen LogP contribution in [0.25, 0.3) is 0 Å². The number of carboxylic acids is 1. The predicted molar refractivity (Wildman–Crippen MR) is 71.6 cm³/mol. The third kappa shape index (κ3) is 3.74. The minimum absolute atomic E-state index is 0.116. The van der Waals surface area contributed by atoms with E-state index in [4.69, 9.17) is 9.84 Å². The number of carbonyl (C=O) groups is 2. The summed E-state index contributed by atoms with van der Waals surface area (Å²) in [5, 5.41) is 14.0. The fourth-order valence-corrected chi connectivity index (χ4v) is 2.23. The molecule has 0 radical (unpaired) electrons. The summed E-state index contributed by atoms with van der Waals surface area (Å²) in [6, 6.07) is 0. The summed E-state index contributed by atoms with van der Waals surface area (Å²) in [6.07, 6.45) is 0. The maximum Gasteiger partial charge on any atom is 0.331 e. The van der Waals surface area contributed by atoms with Crippen LogP contribution < -0.4 is 5.32 Å². The number of carboxylic acid groups (broad SMARTS) is 1. The van der Waals surface area contributed by atoms with Gasteiger partial charge in [0, 0.05) is 18.4 Å². The highest BCUT2D eigenvalue weighted by Gasteiger charge is 2.35. The first-order valence-corrected chi connectivity index (χ1v) is 6.68. The molecule has 0 saturated carbocycles. The molecule has 1 unspecified atom stereocenters. The predicted octanol–water partition coefficient (Wildman–Crippen LogP) is 1.49. The Morgan fingerprint density at radius 3 is 2.63 bits per heavy atom. The van der Waals surface area contributed by atoms with Crippen LogP contribution in [0.4, 0.5) is 0 Å². The number of nitrogens with zero attached hydrogens (tertiary/aromatic N) is 1. The molecule has 0 aliphatic heterocycles. The standard InChI is InChI=1S/C12H18N2O4S/c1-7(2)10-13-8(5-19-10)9(15)14-12(3,6-18-4)11(16)17/h5,7H,6H2,1-4H3,(H,14,15)(H,16,17). The van der Waals surface area contributed by atoms with Crippen molar-refractivity contribution in [3.05, 3.63) is 16.1 Å². The number of methoxy groups -OCH3 is 1. The summed E-state index contributed by atoms with van der Waals surface area (Å²) in [5.74, 6) is -1.43. The zero-order valence-corrected chi connectivity index (χ0v) is 12.2. The maximum absolute atomic E-state index is 12.0. The second-order valence-corrected chi connectivity index (χ2v) is 5.64. The van der Waals surface area contributed by atoms with Gasteiger partial charge in [-0.15, -0.1) is 11.3 Å². The summed E-state index contributed by atoms with van der Waals surface area (Å²) in [7, 11) is 1.38. The van der Waals surface area contributed by atoms with Crippen molar-refractivity contribution in [1.82, 2.24) is 10.3 Å². The Morgan fingerprint density at radius 1 is 1.58 bits per heavy atom. The normalized spacial score (nSPS) is 14.2. The molecule has 0 aliphatic rings. The van der Waals surface area contributed by atoms with Gasteiger partial charge < -0.3 is 15.2 Å². The monoisotopic (exact) mass is 286 g/mol. The number of nitrogens with one attached hydrogen (secondary N) is 1. The van der Waals surface area contributed by atoms with E-state index in [-0.39, 0.29) is 18.2 Å². The molecule has 1 atom stereocenters. The van der Waals surface area contributed by atoms with Crippen LogP contribution in [0.3, 0.4) is 0 Å². The number of rotatable bonds is 6. The van der Waals surface area contributed by atoms with Crippen LogP contribution in [-0.2, 0) is 9.53 Å². The number of aromatic nitrogens is 1. The Labute approximate surface area is 115 Å². The van der Waals surface area contributed by atoms with Crippen LogP contribution in [-0.4, -0.2) is 41.2 Å². The first-order chi connectivity index (χ1) is 8.80. The lowest BCUT2D eigenvalue weighted by Gasteiger charge is -2.24. The lowest BCUT2D eigenvalue weighted by atomic mass is 10.0. The zero-order valence-electron chi connectivity index (χ0n) is 11.4. The molecule has 1 amide bonds. The van der Waals surface area contributed by atoms with Gasteiger partial charge in [0.1, 0.15) is 5.69 Å². The molecule has 6 nitrogen and oxygen atoms in total. The van der Waals surface area contributed by atoms with Gasteiger partial charge in [0.05, 0.1) is 11.6 Å². The lowest BCUT2D eigenvalue weighted by molar-refractivity contribution is -0.145. The number of thiazole rings is 1. The number of hydrogen-bond acceptors (Lipinski definition) is 5. The van der Waals surface area contributed by atoms with Crippen molar-refractivity contribution in [2.45, 2.75) is 32.2 Å². The van der Waals surface area contributed by atoms with Crippen LogP contribution in [0.15, 0.2) is 5.38 Å². The quantitative estimate of drug-likeness (QED) is 0.827. The number of hydrogen-bond donors (Lipinski definition) is 2. The molecule has 1 rings (SSSR count). The Kier molecular flexibility index (Phi) is 5.02. The van der Waals surface area contributed by atoms with E-state index in [1.54, 1.807) is 5.38 Å². The number of ether oxygens (including phenoxy) is 1. The van der Waals surface area contributed by atoms with Crippen molar-refractivity contribution >= 4 is 23.2 Å². The number of aliphatic carboxylic acids is 1. The number of amides is 1. The van der Waals surface area contributed by atoms with E-state index in [1.165, 1.54) is 25.4 Å². The summed E-state index contributed by atoms with van der Waals surface area (Å²) < 4.78 is 4.84. The fraction of sp³-hybridized carbons (Fsp3) is 0.583. The van der Waals surface area contributed by atoms with Crippen molar-refractivity contribution in [3.8, 4) is 0 Å². The van der Waals surface area contributed by atoms with E-state index < -0.39 is 17.4 Å². The van der Waals surface area contributed by atoms with Crippen LogP contribution >= 0.6 is 11.3 Å². The second-order valence-electron chi connectivity index (χ2n) is 4.75. The molecule has 0 fully saturated rings. The topological polar surface area (TPSA) is 88.5 Å².